The average molecular weight is 301 g/mol. The second-order valence-electron chi connectivity index (χ2n) is 4.51. The summed E-state index contributed by atoms with van der Waals surface area (Å²) in [6, 6.07) is 0.0360. The van der Waals surface area contributed by atoms with Crippen LogP contribution in [0.2, 0.25) is 0 Å². The van der Waals surface area contributed by atoms with E-state index in [0.29, 0.717) is 0 Å². The number of carbonyl (C=O) groups excluding carboxylic acids is 1. The highest BCUT2D eigenvalue weighted by atomic mass is 35.5. The van der Waals surface area contributed by atoms with E-state index in [4.69, 9.17) is 5.73 Å². The van der Waals surface area contributed by atoms with Crippen molar-refractivity contribution in [3.63, 3.8) is 0 Å². The third-order valence-corrected chi connectivity index (χ3v) is 2.04. The fourth-order valence-electron chi connectivity index (χ4n) is 1.17. The molecule has 0 unspecified atom stereocenters. The van der Waals surface area contributed by atoms with Crippen LogP contribution in [0.5, 0.6) is 0 Å². The maximum Gasteiger partial charge on any atom is 0.257 e. The molecule has 0 fully saturated rings. The number of benzene rings is 1. The van der Waals surface area contributed by atoms with Crippen LogP contribution in [0.4, 0.5) is 17.6 Å². The Morgan fingerprint density at radius 1 is 1.21 bits per heavy atom. The molecule has 0 radical (unpaired) electrons. The quantitative estimate of drug-likeness (QED) is 0.664. The number of nitrogens with one attached hydrogen (secondary N) is 1. The van der Waals surface area contributed by atoms with Crippen LogP contribution in [0.25, 0.3) is 0 Å². The lowest BCUT2D eigenvalue weighted by Crippen LogP contribution is -2.45. The molecule has 8 heteroatoms. The highest BCUT2D eigenvalue weighted by Gasteiger charge is 2.25. The van der Waals surface area contributed by atoms with Crippen LogP contribution in [0, 0.1) is 23.3 Å². The molecule has 0 saturated heterocycles. The van der Waals surface area contributed by atoms with Gasteiger partial charge in [-0.25, -0.2) is 17.6 Å². The van der Waals surface area contributed by atoms with E-state index in [9.17, 15) is 22.4 Å². The predicted octanol–water partition coefficient (Wildman–Crippen LogP) is 2.13. The van der Waals surface area contributed by atoms with Gasteiger partial charge in [0, 0.05) is 18.2 Å². The Bertz CT molecular complexity index is 462. The number of nitrogens with two attached hydrogens (primary N) is 1. The van der Waals surface area contributed by atoms with Crippen molar-refractivity contribution in [2.45, 2.75) is 19.4 Å². The van der Waals surface area contributed by atoms with Crippen LogP contribution in [0.15, 0.2) is 6.07 Å². The van der Waals surface area contributed by atoms with Gasteiger partial charge >= 0.3 is 0 Å². The number of hydrogen-bond acceptors (Lipinski definition) is 2. The van der Waals surface area contributed by atoms with Crippen molar-refractivity contribution in [2.24, 2.45) is 5.73 Å². The summed E-state index contributed by atoms with van der Waals surface area (Å²) in [5.41, 5.74) is 3.43. The number of rotatable bonds is 3. The van der Waals surface area contributed by atoms with E-state index in [0.717, 1.165) is 0 Å². The fraction of sp³-hybridized carbons (Fsp3) is 0.364. The van der Waals surface area contributed by atoms with Crippen molar-refractivity contribution in [1.82, 2.24) is 5.32 Å². The third kappa shape index (κ3) is 4.36. The Morgan fingerprint density at radius 2 is 1.63 bits per heavy atom. The zero-order valence-electron chi connectivity index (χ0n) is 10.2. The summed E-state index contributed by atoms with van der Waals surface area (Å²) in [6.07, 6.45) is 0. The van der Waals surface area contributed by atoms with E-state index in [-0.39, 0.29) is 25.0 Å². The fourth-order valence-corrected chi connectivity index (χ4v) is 1.17. The van der Waals surface area contributed by atoms with E-state index >= 15 is 0 Å². The molecule has 19 heavy (non-hydrogen) atoms. The Kier molecular flexibility index (Phi) is 5.77. The van der Waals surface area contributed by atoms with Crippen molar-refractivity contribution in [3.8, 4) is 0 Å². The first-order valence-electron chi connectivity index (χ1n) is 5.03. The highest BCUT2D eigenvalue weighted by Crippen LogP contribution is 2.19. The van der Waals surface area contributed by atoms with Crippen molar-refractivity contribution in [1.29, 1.82) is 0 Å². The second-order valence-corrected chi connectivity index (χ2v) is 4.51. The van der Waals surface area contributed by atoms with Crippen LogP contribution in [-0.4, -0.2) is 18.0 Å². The lowest BCUT2D eigenvalue weighted by atomic mass is 10.1. The number of hydrogen-bond donors (Lipinski definition) is 2. The summed E-state index contributed by atoms with van der Waals surface area (Å²) in [5.74, 6) is -8.00. The standard InChI is InChI=1S/C11H12F4N2O.ClH/c1-11(2,16)4-17-10(18)7-8(14)5(12)3-6(13)9(7)15;/h3H,4,16H2,1-2H3,(H,17,18);1H. The van der Waals surface area contributed by atoms with Crippen molar-refractivity contribution in [2.75, 3.05) is 6.54 Å². The van der Waals surface area contributed by atoms with Gasteiger partial charge in [-0.2, -0.15) is 0 Å². The Labute approximate surface area is 113 Å². The van der Waals surface area contributed by atoms with Gasteiger partial charge in [-0.3, -0.25) is 4.79 Å². The predicted molar refractivity (Wildman–Crippen MR) is 64.1 cm³/mol. The first kappa shape index (κ1) is 17.7. The molecule has 0 aromatic heterocycles. The zero-order chi connectivity index (χ0) is 14.1. The molecule has 0 atom stereocenters. The molecule has 0 spiro atoms. The average Bonchev–Trinajstić information content (AvgIpc) is 2.23. The van der Waals surface area contributed by atoms with Gasteiger partial charge in [0.25, 0.3) is 5.91 Å². The minimum absolute atomic E-state index is 0. The van der Waals surface area contributed by atoms with Crippen LogP contribution in [-0.2, 0) is 0 Å². The van der Waals surface area contributed by atoms with Gasteiger partial charge in [-0.1, -0.05) is 0 Å². The van der Waals surface area contributed by atoms with Gasteiger partial charge in [0.1, 0.15) is 5.56 Å². The van der Waals surface area contributed by atoms with Crippen LogP contribution in [0.3, 0.4) is 0 Å². The van der Waals surface area contributed by atoms with Crippen LogP contribution >= 0.6 is 12.4 Å². The lowest BCUT2D eigenvalue weighted by molar-refractivity contribution is 0.0935. The topological polar surface area (TPSA) is 55.1 Å². The normalized spacial score (nSPS) is 10.9. The summed E-state index contributed by atoms with van der Waals surface area (Å²) in [7, 11) is 0. The molecular formula is C11H13ClF4N2O. The van der Waals surface area contributed by atoms with Gasteiger partial charge < -0.3 is 11.1 Å². The number of amides is 1. The van der Waals surface area contributed by atoms with Gasteiger partial charge in [-0.15, -0.1) is 12.4 Å². The minimum atomic E-state index is -1.73. The SMILES string of the molecule is CC(C)(N)CNC(=O)c1c(F)c(F)cc(F)c1F.Cl. The first-order chi connectivity index (χ1) is 8.13. The molecule has 1 aromatic rings. The smallest absolute Gasteiger partial charge is 0.257 e. The summed E-state index contributed by atoms with van der Waals surface area (Å²) < 4.78 is 52.2. The molecule has 1 amide bonds. The zero-order valence-corrected chi connectivity index (χ0v) is 11.0. The summed E-state index contributed by atoms with van der Waals surface area (Å²) >= 11 is 0. The van der Waals surface area contributed by atoms with Gasteiger partial charge in [-0.05, 0) is 13.8 Å². The summed E-state index contributed by atoms with van der Waals surface area (Å²) in [4.78, 5) is 11.5. The highest BCUT2D eigenvalue weighted by molar-refractivity contribution is 5.94. The minimum Gasteiger partial charge on any atom is -0.350 e. The molecule has 0 bridgehead atoms. The van der Waals surface area contributed by atoms with Gasteiger partial charge in [0.15, 0.2) is 23.3 Å². The molecule has 3 N–H and O–H groups in total. The molecule has 108 valence electrons. The van der Waals surface area contributed by atoms with E-state index in [1.807, 2.05) is 0 Å². The molecule has 0 aliphatic heterocycles. The van der Waals surface area contributed by atoms with Crippen molar-refractivity contribution >= 4 is 18.3 Å². The van der Waals surface area contributed by atoms with Crippen LogP contribution in [0.1, 0.15) is 24.2 Å². The van der Waals surface area contributed by atoms with Crippen molar-refractivity contribution in [3.05, 3.63) is 34.9 Å². The molecule has 3 nitrogen and oxygen atoms in total. The lowest BCUT2D eigenvalue weighted by Gasteiger charge is -2.19. The monoisotopic (exact) mass is 300 g/mol. The van der Waals surface area contributed by atoms with Crippen LogP contribution < -0.4 is 11.1 Å². The largest absolute Gasteiger partial charge is 0.350 e. The Morgan fingerprint density at radius 3 is 2.00 bits per heavy atom. The molecule has 0 aliphatic rings. The number of halogens is 5. The number of carbonyl (C=O) groups is 1. The maximum atomic E-state index is 13.2. The summed E-state index contributed by atoms with van der Waals surface area (Å²) in [5, 5.41) is 2.10. The maximum absolute atomic E-state index is 13.2. The summed E-state index contributed by atoms with van der Waals surface area (Å²) in [6.45, 7) is 3.02. The Balaban J connectivity index is 0.00000324. The van der Waals surface area contributed by atoms with E-state index in [1.165, 1.54) is 0 Å². The first-order valence-corrected chi connectivity index (χ1v) is 5.03. The van der Waals surface area contributed by atoms with E-state index < -0.39 is 40.3 Å². The molecule has 0 aliphatic carbocycles. The van der Waals surface area contributed by atoms with Gasteiger partial charge in [0.2, 0.25) is 0 Å². The molecule has 0 heterocycles. The second kappa shape index (κ2) is 6.21. The third-order valence-electron chi connectivity index (χ3n) is 2.04. The molecule has 0 saturated carbocycles. The Hall–Kier alpha value is -1.34. The molecule has 1 aromatic carbocycles. The van der Waals surface area contributed by atoms with Gasteiger partial charge in [0.05, 0.1) is 0 Å². The van der Waals surface area contributed by atoms with Crippen molar-refractivity contribution < 1.29 is 22.4 Å². The van der Waals surface area contributed by atoms with E-state index in [1.54, 1.807) is 13.8 Å². The van der Waals surface area contributed by atoms with E-state index in [2.05, 4.69) is 5.32 Å². The molecular weight excluding hydrogens is 288 g/mol. The molecule has 1 rings (SSSR count).